The van der Waals surface area contributed by atoms with Gasteiger partial charge >= 0.3 is 0 Å². The van der Waals surface area contributed by atoms with Crippen LogP contribution in [0.3, 0.4) is 0 Å². The number of morpholine rings is 1. The van der Waals surface area contributed by atoms with E-state index in [1.807, 2.05) is 0 Å². The molecule has 0 saturated carbocycles. The van der Waals surface area contributed by atoms with Gasteiger partial charge in [0.25, 0.3) is 0 Å². The van der Waals surface area contributed by atoms with Crippen LogP contribution in [0.1, 0.15) is 20.3 Å². The van der Waals surface area contributed by atoms with Crippen molar-refractivity contribution in [1.82, 2.24) is 15.1 Å². The standard InChI is InChI=1S/C16H32N4O2.HI/c1-4-17-16(19(3)12-15-5-8-22-13-15)18-11-14(2)20-6-9-21-10-7-20;/h14-15H,4-13H2,1-3H3,(H,17,18);1H. The van der Waals surface area contributed by atoms with Gasteiger partial charge in [0.15, 0.2) is 5.96 Å². The van der Waals surface area contributed by atoms with Crippen molar-refractivity contribution in [3.05, 3.63) is 0 Å². The minimum atomic E-state index is 0. The molecule has 2 atom stereocenters. The first-order chi connectivity index (χ1) is 10.7. The molecule has 23 heavy (non-hydrogen) atoms. The van der Waals surface area contributed by atoms with Crippen LogP contribution in [-0.2, 0) is 9.47 Å². The monoisotopic (exact) mass is 440 g/mol. The van der Waals surface area contributed by atoms with E-state index in [0.29, 0.717) is 12.0 Å². The SMILES string of the molecule is CCNC(=NCC(C)N1CCOCC1)N(C)CC1CCOC1.I. The summed E-state index contributed by atoms with van der Waals surface area (Å²) in [5, 5.41) is 3.41. The molecule has 0 aliphatic carbocycles. The third-order valence-electron chi connectivity index (χ3n) is 4.43. The Kier molecular flexibility index (Phi) is 10.4. The Labute approximate surface area is 158 Å². The molecule has 0 radical (unpaired) electrons. The molecule has 0 amide bonds. The predicted octanol–water partition coefficient (Wildman–Crippen LogP) is 1.26. The molecule has 2 heterocycles. The summed E-state index contributed by atoms with van der Waals surface area (Å²) in [7, 11) is 2.12. The molecule has 0 aromatic rings. The lowest BCUT2D eigenvalue weighted by molar-refractivity contribution is 0.0220. The quantitative estimate of drug-likeness (QED) is 0.383. The lowest BCUT2D eigenvalue weighted by atomic mass is 10.1. The summed E-state index contributed by atoms with van der Waals surface area (Å²) in [6.45, 7) is 12.6. The van der Waals surface area contributed by atoms with E-state index in [9.17, 15) is 0 Å². The van der Waals surface area contributed by atoms with Crippen molar-refractivity contribution in [2.45, 2.75) is 26.3 Å². The van der Waals surface area contributed by atoms with E-state index >= 15 is 0 Å². The molecule has 136 valence electrons. The van der Waals surface area contributed by atoms with Gasteiger partial charge in [-0.05, 0) is 20.3 Å². The van der Waals surface area contributed by atoms with Gasteiger partial charge in [-0.1, -0.05) is 0 Å². The summed E-state index contributed by atoms with van der Waals surface area (Å²) < 4.78 is 10.9. The van der Waals surface area contributed by atoms with Crippen LogP contribution in [0.4, 0.5) is 0 Å². The van der Waals surface area contributed by atoms with Gasteiger partial charge in [0.2, 0.25) is 0 Å². The molecular weight excluding hydrogens is 407 g/mol. The van der Waals surface area contributed by atoms with Crippen LogP contribution in [0.15, 0.2) is 4.99 Å². The van der Waals surface area contributed by atoms with Crippen LogP contribution in [0.25, 0.3) is 0 Å². The zero-order valence-electron chi connectivity index (χ0n) is 14.8. The van der Waals surface area contributed by atoms with Gasteiger partial charge < -0.3 is 19.7 Å². The number of hydrogen-bond donors (Lipinski definition) is 1. The zero-order valence-corrected chi connectivity index (χ0v) is 17.1. The number of nitrogens with zero attached hydrogens (tertiary/aromatic N) is 3. The molecule has 6 nitrogen and oxygen atoms in total. The van der Waals surface area contributed by atoms with Crippen LogP contribution in [0.5, 0.6) is 0 Å². The van der Waals surface area contributed by atoms with Crippen LogP contribution in [0.2, 0.25) is 0 Å². The maximum absolute atomic E-state index is 5.47. The van der Waals surface area contributed by atoms with E-state index in [1.165, 1.54) is 0 Å². The van der Waals surface area contributed by atoms with Crippen LogP contribution in [-0.4, -0.2) is 88.0 Å². The van der Waals surface area contributed by atoms with Crippen molar-refractivity contribution in [2.75, 3.05) is 66.2 Å². The third-order valence-corrected chi connectivity index (χ3v) is 4.43. The lowest BCUT2D eigenvalue weighted by Gasteiger charge is -2.32. The van der Waals surface area contributed by atoms with Crippen LogP contribution < -0.4 is 5.32 Å². The summed E-state index contributed by atoms with van der Waals surface area (Å²) in [4.78, 5) is 9.54. The number of ether oxygens (including phenoxy) is 2. The Hall–Kier alpha value is -0.120. The van der Waals surface area contributed by atoms with Crippen LogP contribution >= 0.6 is 24.0 Å². The first-order valence-corrected chi connectivity index (χ1v) is 8.59. The highest BCUT2D eigenvalue weighted by Gasteiger charge is 2.20. The fourth-order valence-corrected chi connectivity index (χ4v) is 3.02. The van der Waals surface area contributed by atoms with E-state index < -0.39 is 0 Å². The van der Waals surface area contributed by atoms with E-state index in [2.05, 4.69) is 36.0 Å². The highest BCUT2D eigenvalue weighted by atomic mass is 127. The Morgan fingerprint density at radius 2 is 2.04 bits per heavy atom. The molecule has 0 spiro atoms. The molecule has 2 saturated heterocycles. The van der Waals surface area contributed by atoms with Crippen molar-refractivity contribution >= 4 is 29.9 Å². The topological polar surface area (TPSA) is 49.3 Å². The Morgan fingerprint density at radius 1 is 1.30 bits per heavy atom. The number of halogens is 1. The van der Waals surface area contributed by atoms with Gasteiger partial charge in [-0.2, -0.15) is 0 Å². The van der Waals surface area contributed by atoms with Crippen molar-refractivity contribution in [1.29, 1.82) is 0 Å². The number of guanidine groups is 1. The summed E-state index contributed by atoms with van der Waals surface area (Å²) in [5.41, 5.74) is 0. The summed E-state index contributed by atoms with van der Waals surface area (Å²) in [5.74, 6) is 1.64. The minimum Gasteiger partial charge on any atom is -0.381 e. The number of rotatable bonds is 6. The lowest BCUT2D eigenvalue weighted by Crippen LogP contribution is -2.45. The molecule has 1 N–H and O–H groups in total. The number of aliphatic imine (C=N–C) groups is 1. The molecule has 2 aliphatic heterocycles. The fourth-order valence-electron chi connectivity index (χ4n) is 3.02. The summed E-state index contributed by atoms with van der Waals surface area (Å²) in [6, 6.07) is 0.459. The third kappa shape index (κ3) is 7.11. The van der Waals surface area contributed by atoms with Gasteiger partial charge in [0, 0.05) is 51.8 Å². The average molecular weight is 440 g/mol. The molecule has 0 aromatic carbocycles. The maximum atomic E-state index is 5.47. The Bertz CT molecular complexity index is 345. The first kappa shape index (κ1) is 20.9. The fraction of sp³-hybridized carbons (Fsp3) is 0.938. The second kappa shape index (κ2) is 11.4. The summed E-state index contributed by atoms with van der Waals surface area (Å²) in [6.07, 6.45) is 1.16. The second-order valence-electron chi connectivity index (χ2n) is 6.30. The highest BCUT2D eigenvalue weighted by molar-refractivity contribution is 14.0. The van der Waals surface area contributed by atoms with Crippen LogP contribution in [0, 0.1) is 5.92 Å². The average Bonchev–Trinajstić information content (AvgIpc) is 3.04. The molecule has 0 aromatic heterocycles. The summed E-state index contributed by atoms with van der Waals surface area (Å²) >= 11 is 0. The Morgan fingerprint density at radius 3 is 2.65 bits per heavy atom. The van der Waals surface area contributed by atoms with Crippen molar-refractivity contribution in [2.24, 2.45) is 10.9 Å². The van der Waals surface area contributed by atoms with Gasteiger partial charge in [-0.15, -0.1) is 24.0 Å². The van der Waals surface area contributed by atoms with Crippen molar-refractivity contribution < 1.29 is 9.47 Å². The van der Waals surface area contributed by atoms with E-state index in [1.54, 1.807) is 0 Å². The smallest absolute Gasteiger partial charge is 0.193 e. The maximum Gasteiger partial charge on any atom is 0.193 e. The van der Waals surface area contributed by atoms with Crippen molar-refractivity contribution in [3.8, 4) is 0 Å². The predicted molar refractivity (Wildman–Crippen MR) is 105 cm³/mol. The zero-order chi connectivity index (χ0) is 15.8. The molecule has 2 aliphatic rings. The van der Waals surface area contributed by atoms with Crippen molar-refractivity contribution in [3.63, 3.8) is 0 Å². The largest absolute Gasteiger partial charge is 0.381 e. The van der Waals surface area contributed by atoms with Gasteiger partial charge in [0.1, 0.15) is 0 Å². The van der Waals surface area contributed by atoms with E-state index in [0.717, 1.165) is 71.5 Å². The molecule has 7 heteroatoms. The molecule has 2 fully saturated rings. The second-order valence-corrected chi connectivity index (χ2v) is 6.30. The highest BCUT2D eigenvalue weighted by Crippen LogP contribution is 2.13. The molecule has 2 unspecified atom stereocenters. The molecular formula is C16H33IN4O2. The normalized spacial score (nSPS) is 24.1. The van der Waals surface area contributed by atoms with Gasteiger partial charge in [-0.3, -0.25) is 9.89 Å². The minimum absolute atomic E-state index is 0. The number of hydrogen-bond acceptors (Lipinski definition) is 4. The molecule has 2 rings (SSSR count). The number of nitrogens with one attached hydrogen (secondary N) is 1. The van der Waals surface area contributed by atoms with Gasteiger partial charge in [0.05, 0.1) is 26.4 Å². The Balaban J connectivity index is 0.00000264. The first-order valence-electron chi connectivity index (χ1n) is 8.59. The van der Waals surface area contributed by atoms with E-state index in [4.69, 9.17) is 14.5 Å². The van der Waals surface area contributed by atoms with Gasteiger partial charge in [-0.25, -0.2) is 0 Å². The van der Waals surface area contributed by atoms with E-state index in [-0.39, 0.29) is 24.0 Å². The molecule has 0 bridgehead atoms.